The number of aliphatic hydroxyl groups excluding tert-OH is 1. The summed E-state index contributed by atoms with van der Waals surface area (Å²) in [6.45, 7) is 4.32. The molecule has 10 heteroatoms. The Morgan fingerprint density at radius 2 is 1.09 bits per heavy atom. The monoisotopic (exact) mass is 361 g/mol. The van der Waals surface area contributed by atoms with Gasteiger partial charge in [0.2, 0.25) is 0 Å². The zero-order valence-electron chi connectivity index (χ0n) is 12.8. The van der Waals surface area contributed by atoms with Crippen molar-refractivity contribution >= 4 is 0 Å². The van der Waals surface area contributed by atoms with Crippen LogP contribution in [0, 0.1) is 51.1 Å². The quantitative estimate of drug-likeness (QED) is 0.457. The summed E-state index contributed by atoms with van der Waals surface area (Å²) in [6.07, 6.45) is 1.98. The van der Waals surface area contributed by atoms with Crippen molar-refractivity contribution in [2.75, 3.05) is 39.3 Å². The van der Waals surface area contributed by atoms with Gasteiger partial charge in [-0.1, -0.05) is 0 Å². The van der Waals surface area contributed by atoms with Crippen molar-refractivity contribution in [2.24, 2.45) is 11.5 Å². The molecule has 0 rings (SSSR count). The maximum atomic E-state index is 8.73. The summed E-state index contributed by atoms with van der Waals surface area (Å²) in [5.74, 6) is 0. The maximum Gasteiger partial charge on any atom is 0.0558 e. The molecule has 0 atom stereocenters. The number of nitriles is 5. The van der Waals surface area contributed by atoms with Crippen molar-refractivity contribution < 1.29 is 16.9 Å². The molecule has 5 N–H and O–H groups in total. The van der Waals surface area contributed by atoms with Crippen molar-refractivity contribution in [1.82, 2.24) is 4.90 Å². The van der Waals surface area contributed by atoms with E-state index in [1.165, 1.54) is 24.8 Å². The third-order valence-corrected chi connectivity index (χ3v) is 5.03. The van der Waals surface area contributed by atoms with Crippen molar-refractivity contribution in [2.45, 2.75) is 12.8 Å². The van der Waals surface area contributed by atoms with Gasteiger partial charge in [0.1, 0.15) is 0 Å². The molecule has 0 aromatic heterocycles. The van der Waals surface area contributed by atoms with Gasteiger partial charge in [0.15, 0.2) is 0 Å². The van der Waals surface area contributed by atoms with Crippen LogP contribution in [0.25, 0.3) is 0 Å². The molecule has 0 aliphatic heterocycles. The molecule has 0 aromatic carbocycles. The third kappa shape index (κ3) is 7.57. The third-order valence-electron chi connectivity index (χ3n) is 2.56. The molecule has 9 nitrogen and oxygen atoms in total. The van der Waals surface area contributed by atoms with E-state index >= 15 is 0 Å². The van der Waals surface area contributed by atoms with Crippen molar-refractivity contribution in [1.29, 1.82) is 26.3 Å². The summed E-state index contributed by atoms with van der Waals surface area (Å²) in [5.41, 5.74) is 10.8. The Kier molecular flexibility index (Phi) is 12.4. The van der Waals surface area contributed by atoms with E-state index in [0.717, 1.165) is 32.5 Å². The Labute approximate surface area is 137 Å². The first kappa shape index (κ1) is 23.1. The van der Waals surface area contributed by atoms with Crippen LogP contribution in [0.3, 0.4) is 0 Å². The van der Waals surface area contributed by atoms with Gasteiger partial charge < -0.3 is 21.5 Å². The zero-order chi connectivity index (χ0) is 18.2. The molecular weight excluding hydrogens is 340 g/mol. The van der Waals surface area contributed by atoms with E-state index in [0.29, 0.717) is 13.1 Å². The van der Waals surface area contributed by atoms with Crippen LogP contribution in [0.4, 0.5) is 0 Å². The molecule has 0 unspecified atom stereocenters. The summed E-state index contributed by atoms with van der Waals surface area (Å²) in [6, 6.07) is 0. The van der Waals surface area contributed by atoms with Gasteiger partial charge in [0.25, 0.3) is 0 Å². The number of nitrogens with two attached hydrogens (primary N) is 2. The smallest absolute Gasteiger partial charge is 0.0558 e. The average molecular weight is 361 g/mol. The van der Waals surface area contributed by atoms with E-state index < -0.39 is 11.8 Å². The first-order valence-corrected chi connectivity index (χ1v) is 9.34. The molecule has 0 saturated heterocycles. The van der Waals surface area contributed by atoms with Gasteiger partial charge in [-0.15, -0.1) is 0 Å². The van der Waals surface area contributed by atoms with Gasteiger partial charge in [-0.2, -0.15) is 0 Å². The summed E-state index contributed by atoms with van der Waals surface area (Å²) >= 11 is -4.78. The van der Waals surface area contributed by atoms with Crippen molar-refractivity contribution in [3.8, 4) is 24.8 Å². The number of nitrogens with zero attached hydrogens (tertiary/aromatic N) is 6. The van der Waals surface area contributed by atoms with E-state index in [2.05, 4.69) is 4.90 Å². The predicted octanol–water partition coefficient (Wildman–Crippen LogP) is -0.940. The predicted molar refractivity (Wildman–Crippen MR) is 78.9 cm³/mol. The van der Waals surface area contributed by atoms with Crippen molar-refractivity contribution in [3.05, 3.63) is 0 Å². The van der Waals surface area contributed by atoms with E-state index in [9.17, 15) is 0 Å². The van der Waals surface area contributed by atoms with Gasteiger partial charge in [-0.3, -0.25) is 0 Å². The fraction of sp³-hybridized carbons (Fsp3) is 0.615. The summed E-state index contributed by atoms with van der Waals surface area (Å²) in [7, 11) is 0. The molecular formula is C13H21FeN8O. The standard InChI is InChI=1S/C8H21N3O.5CN.Fe/c9-3-1-5-11(7-8-12)6-2-4-10;5*1-2;/h12H,1-10H2;;;;;;. The van der Waals surface area contributed by atoms with Crippen LogP contribution in [-0.2, 0) is 11.8 Å². The molecule has 0 radical (unpaired) electrons. The number of hydrogen-bond donors (Lipinski definition) is 3. The molecule has 0 saturated carbocycles. The molecule has 0 aliphatic carbocycles. The van der Waals surface area contributed by atoms with E-state index in [4.69, 9.17) is 42.9 Å². The van der Waals surface area contributed by atoms with Crippen LogP contribution in [0.5, 0.6) is 0 Å². The summed E-state index contributed by atoms with van der Waals surface area (Å²) in [5, 5.41) is 50.5. The Morgan fingerprint density at radius 1 is 0.739 bits per heavy atom. The van der Waals surface area contributed by atoms with Crippen molar-refractivity contribution in [3.63, 3.8) is 0 Å². The minimum atomic E-state index is -4.78. The molecule has 0 bridgehead atoms. The molecule has 0 fully saturated rings. The molecule has 127 valence electrons. The van der Waals surface area contributed by atoms with Gasteiger partial charge in [-0.05, 0) is 39.0 Å². The topological polar surface area (TPSA) is 194 Å². The first-order chi connectivity index (χ1) is 11.0. The Balaban J connectivity index is 0. The number of hydrogen-bond acceptors (Lipinski definition) is 9. The second-order valence-electron chi connectivity index (χ2n) is 4.13. The fourth-order valence-electron chi connectivity index (χ4n) is 1.28. The molecule has 0 amide bonds. The maximum absolute atomic E-state index is 8.73. The number of rotatable bonds is 8. The van der Waals surface area contributed by atoms with Gasteiger partial charge in [-0.25, -0.2) is 0 Å². The van der Waals surface area contributed by atoms with Crippen LogP contribution in [-0.4, -0.2) is 49.3 Å². The normalized spacial score (nSPS) is 11.2. The second kappa shape index (κ2) is 12.4. The van der Waals surface area contributed by atoms with Crippen LogP contribution < -0.4 is 11.5 Å². The molecule has 0 heterocycles. The molecule has 23 heavy (non-hydrogen) atoms. The summed E-state index contributed by atoms with van der Waals surface area (Å²) in [4.78, 5) is 8.32. The van der Waals surface area contributed by atoms with Gasteiger partial charge in [0, 0.05) is 6.54 Å². The summed E-state index contributed by atoms with van der Waals surface area (Å²) < 4.78 is 0. The molecule has 0 aromatic rings. The average Bonchev–Trinajstić information content (AvgIpc) is 2.61. The van der Waals surface area contributed by atoms with Gasteiger partial charge in [0.05, 0.1) is 6.61 Å². The van der Waals surface area contributed by atoms with Crippen LogP contribution in [0.1, 0.15) is 12.8 Å². The Morgan fingerprint density at radius 3 is 1.26 bits per heavy atom. The first-order valence-electron chi connectivity index (χ1n) is 6.58. The number of aliphatic hydroxyl groups is 1. The van der Waals surface area contributed by atoms with Gasteiger partial charge >= 0.3 is 62.9 Å². The molecule has 0 aliphatic rings. The second-order valence-corrected chi connectivity index (χ2v) is 8.12. The van der Waals surface area contributed by atoms with E-state index in [-0.39, 0.29) is 6.61 Å². The van der Waals surface area contributed by atoms with Crippen LogP contribution >= 0.6 is 0 Å². The zero-order valence-corrected chi connectivity index (χ0v) is 13.9. The fourth-order valence-corrected chi connectivity index (χ4v) is 1.84. The van der Waals surface area contributed by atoms with E-state index in [1.54, 1.807) is 0 Å². The SMILES string of the molecule is N#[C][Fe]([C]#N)([C]#N)([C]#N)[C]#N.NCCCN(CCO)CCCN. The minimum Gasteiger partial charge on any atom is -0.395 e. The van der Waals surface area contributed by atoms with E-state index in [1.807, 2.05) is 0 Å². The molecule has 0 spiro atoms. The van der Waals surface area contributed by atoms with Crippen LogP contribution in [0.2, 0.25) is 0 Å². The minimum absolute atomic E-state index is 0.217. The van der Waals surface area contributed by atoms with Crippen LogP contribution in [0.15, 0.2) is 0 Å². The Hall–Kier alpha value is -2.19. The Bertz CT molecular complexity index is 452. The largest absolute Gasteiger partial charge is 0.395 e.